The Kier molecular flexibility index (Phi) is 3.60. The molecule has 6 heteroatoms. The average molecular weight is 293 g/mol. The predicted octanol–water partition coefficient (Wildman–Crippen LogP) is 2.82. The fourth-order valence-electron chi connectivity index (χ4n) is 1.87. The summed E-state index contributed by atoms with van der Waals surface area (Å²) in [4.78, 5) is 0.297. The molecular weight excluding hydrogens is 274 g/mol. The van der Waals surface area contributed by atoms with Gasteiger partial charge in [0, 0.05) is 6.20 Å². The fourth-order valence-corrected chi connectivity index (χ4v) is 3.18. The van der Waals surface area contributed by atoms with E-state index in [1.165, 1.54) is 12.4 Å². The van der Waals surface area contributed by atoms with Crippen LogP contribution in [0.5, 0.6) is 0 Å². The molecule has 5 nitrogen and oxygen atoms in total. The minimum Gasteiger partial charge on any atom is -0.284 e. The van der Waals surface area contributed by atoms with Crippen LogP contribution in [0, 0.1) is 6.92 Å². The van der Waals surface area contributed by atoms with Gasteiger partial charge in [0.2, 0.25) is 0 Å². The van der Waals surface area contributed by atoms with E-state index in [0.717, 1.165) is 5.56 Å². The van der Waals surface area contributed by atoms with Gasteiger partial charge in [0.15, 0.2) is 0 Å². The Morgan fingerprint density at radius 1 is 1.25 bits per heavy atom. The zero-order chi connectivity index (χ0) is 15.0. The van der Waals surface area contributed by atoms with Crippen molar-refractivity contribution in [2.75, 3.05) is 4.72 Å². The number of aromatic amines is 1. The van der Waals surface area contributed by atoms with Gasteiger partial charge in [-0.1, -0.05) is 32.9 Å². The number of benzene rings is 1. The summed E-state index contributed by atoms with van der Waals surface area (Å²) in [7, 11) is -3.61. The second-order valence-electron chi connectivity index (χ2n) is 5.82. The van der Waals surface area contributed by atoms with Crippen LogP contribution in [0.4, 0.5) is 5.69 Å². The molecule has 0 saturated heterocycles. The summed E-state index contributed by atoms with van der Waals surface area (Å²) >= 11 is 0. The first-order valence-electron chi connectivity index (χ1n) is 6.33. The molecule has 0 amide bonds. The first-order chi connectivity index (χ1) is 9.20. The van der Waals surface area contributed by atoms with E-state index in [1.807, 2.05) is 12.1 Å². The lowest BCUT2D eigenvalue weighted by Crippen LogP contribution is -2.17. The Morgan fingerprint density at radius 2 is 1.95 bits per heavy atom. The van der Waals surface area contributed by atoms with Gasteiger partial charge in [-0.05, 0) is 29.5 Å². The molecule has 0 atom stereocenters. The van der Waals surface area contributed by atoms with Crippen molar-refractivity contribution in [2.45, 2.75) is 38.0 Å². The molecule has 0 aliphatic heterocycles. The quantitative estimate of drug-likeness (QED) is 0.913. The number of rotatable bonds is 3. The molecule has 2 N–H and O–H groups in total. The molecule has 1 aromatic carbocycles. The van der Waals surface area contributed by atoms with Crippen LogP contribution >= 0.6 is 0 Å². The van der Waals surface area contributed by atoms with Crippen molar-refractivity contribution < 1.29 is 8.42 Å². The van der Waals surface area contributed by atoms with Gasteiger partial charge in [-0.3, -0.25) is 9.82 Å². The summed E-state index contributed by atoms with van der Waals surface area (Å²) in [6.45, 7) is 7.95. The van der Waals surface area contributed by atoms with Crippen molar-refractivity contribution in [1.82, 2.24) is 10.2 Å². The molecule has 2 rings (SSSR count). The molecule has 0 spiro atoms. The first kappa shape index (κ1) is 14.6. The van der Waals surface area contributed by atoms with E-state index >= 15 is 0 Å². The Hall–Kier alpha value is -1.82. The summed E-state index contributed by atoms with van der Waals surface area (Å²) < 4.78 is 27.4. The van der Waals surface area contributed by atoms with Gasteiger partial charge in [-0.25, -0.2) is 8.42 Å². The van der Waals surface area contributed by atoms with E-state index in [9.17, 15) is 8.42 Å². The number of sulfonamides is 1. The maximum absolute atomic E-state index is 12.4. The lowest BCUT2D eigenvalue weighted by atomic mass is 9.87. The zero-order valence-corrected chi connectivity index (χ0v) is 12.9. The third-order valence-electron chi connectivity index (χ3n) is 3.09. The number of nitrogens with zero attached hydrogens (tertiary/aromatic N) is 1. The molecule has 0 saturated carbocycles. The summed E-state index contributed by atoms with van der Waals surface area (Å²) in [5, 5.41) is 6.30. The maximum atomic E-state index is 12.4. The molecule has 1 heterocycles. The molecule has 0 aliphatic rings. The lowest BCUT2D eigenvalue weighted by molar-refractivity contribution is 0.584. The van der Waals surface area contributed by atoms with Crippen LogP contribution in [0.1, 0.15) is 31.9 Å². The molecule has 108 valence electrons. The van der Waals surface area contributed by atoms with Crippen molar-refractivity contribution >= 4 is 15.7 Å². The first-order valence-corrected chi connectivity index (χ1v) is 7.81. The summed E-state index contributed by atoms with van der Waals surface area (Å²) in [5.41, 5.74) is 2.02. The molecule has 20 heavy (non-hydrogen) atoms. The van der Waals surface area contributed by atoms with E-state index in [-0.39, 0.29) is 5.41 Å². The van der Waals surface area contributed by atoms with Crippen molar-refractivity contribution in [3.05, 3.63) is 41.7 Å². The van der Waals surface area contributed by atoms with Gasteiger partial charge in [-0.15, -0.1) is 0 Å². The molecule has 0 bridgehead atoms. The highest BCUT2D eigenvalue weighted by atomic mass is 32.2. The minimum atomic E-state index is -3.61. The second kappa shape index (κ2) is 4.94. The monoisotopic (exact) mass is 293 g/mol. The highest BCUT2D eigenvalue weighted by Gasteiger charge is 2.21. The highest BCUT2D eigenvalue weighted by molar-refractivity contribution is 7.92. The summed E-state index contributed by atoms with van der Waals surface area (Å²) in [6, 6.07) is 5.54. The van der Waals surface area contributed by atoms with E-state index in [1.54, 1.807) is 13.0 Å². The maximum Gasteiger partial charge on any atom is 0.262 e. The number of anilines is 1. The molecule has 0 radical (unpaired) electrons. The van der Waals surface area contributed by atoms with E-state index < -0.39 is 10.0 Å². The van der Waals surface area contributed by atoms with Crippen molar-refractivity contribution in [1.29, 1.82) is 0 Å². The Morgan fingerprint density at radius 3 is 2.50 bits per heavy atom. The van der Waals surface area contributed by atoms with E-state index in [2.05, 4.69) is 35.7 Å². The number of hydrogen-bond donors (Lipinski definition) is 2. The fraction of sp³-hybridized carbons (Fsp3) is 0.357. The largest absolute Gasteiger partial charge is 0.284 e. The molecule has 2 aromatic rings. The van der Waals surface area contributed by atoms with Gasteiger partial charge < -0.3 is 0 Å². The number of aromatic nitrogens is 2. The molecular formula is C14H19N3O2S. The predicted molar refractivity (Wildman–Crippen MR) is 79.3 cm³/mol. The Labute approximate surface area is 119 Å². The molecule has 0 unspecified atom stereocenters. The van der Waals surface area contributed by atoms with E-state index in [4.69, 9.17) is 0 Å². The average Bonchev–Trinajstić information content (AvgIpc) is 2.79. The zero-order valence-electron chi connectivity index (χ0n) is 12.1. The number of nitrogens with one attached hydrogen (secondary N) is 2. The van der Waals surface area contributed by atoms with Crippen molar-refractivity contribution in [3.63, 3.8) is 0 Å². The minimum absolute atomic E-state index is 0.104. The van der Waals surface area contributed by atoms with E-state index in [0.29, 0.717) is 16.1 Å². The van der Waals surface area contributed by atoms with Gasteiger partial charge in [-0.2, -0.15) is 5.10 Å². The Bertz CT molecular complexity index is 699. The smallest absolute Gasteiger partial charge is 0.262 e. The van der Waals surface area contributed by atoms with Gasteiger partial charge in [0.25, 0.3) is 10.0 Å². The Balaban J connectivity index is 2.46. The molecule has 0 aliphatic carbocycles. The van der Waals surface area contributed by atoms with Crippen LogP contribution in [0.3, 0.4) is 0 Å². The van der Waals surface area contributed by atoms with Crippen LogP contribution in [0.25, 0.3) is 0 Å². The lowest BCUT2D eigenvalue weighted by Gasteiger charge is -2.20. The number of hydrogen-bond acceptors (Lipinski definition) is 3. The third-order valence-corrected chi connectivity index (χ3v) is 4.62. The molecule has 1 aromatic heterocycles. The summed E-state index contributed by atoms with van der Waals surface area (Å²) in [6.07, 6.45) is 2.93. The normalized spacial score (nSPS) is 12.4. The van der Waals surface area contributed by atoms with Gasteiger partial charge >= 0.3 is 0 Å². The SMILES string of the molecule is Cc1ccc(C(C)(C)C)cc1S(=O)(=O)Nc1cn[nH]c1. The van der Waals surface area contributed by atoms with Crippen molar-refractivity contribution in [3.8, 4) is 0 Å². The second-order valence-corrected chi connectivity index (χ2v) is 7.47. The van der Waals surface area contributed by atoms with Crippen LogP contribution in [-0.2, 0) is 15.4 Å². The van der Waals surface area contributed by atoms with Gasteiger partial charge in [0.05, 0.1) is 16.8 Å². The van der Waals surface area contributed by atoms with Crippen LogP contribution < -0.4 is 4.72 Å². The highest BCUT2D eigenvalue weighted by Crippen LogP contribution is 2.27. The van der Waals surface area contributed by atoms with Crippen LogP contribution in [0.15, 0.2) is 35.5 Å². The topological polar surface area (TPSA) is 74.8 Å². The molecule has 0 fully saturated rings. The van der Waals surface area contributed by atoms with Crippen LogP contribution in [-0.4, -0.2) is 18.6 Å². The third kappa shape index (κ3) is 3.01. The number of aryl methyl sites for hydroxylation is 1. The summed E-state index contributed by atoms with van der Waals surface area (Å²) in [5.74, 6) is 0. The van der Waals surface area contributed by atoms with Gasteiger partial charge in [0.1, 0.15) is 0 Å². The van der Waals surface area contributed by atoms with Crippen LogP contribution in [0.2, 0.25) is 0 Å². The standard InChI is InChI=1S/C14H19N3O2S/c1-10-5-6-11(14(2,3)4)7-13(10)20(18,19)17-12-8-15-16-9-12/h5-9,17H,1-4H3,(H,15,16). The van der Waals surface area contributed by atoms with Crippen molar-refractivity contribution in [2.24, 2.45) is 0 Å². The number of H-pyrrole nitrogens is 1.